The summed E-state index contributed by atoms with van der Waals surface area (Å²) in [6, 6.07) is 14.9. The van der Waals surface area contributed by atoms with Crippen LogP contribution in [0.15, 0.2) is 48.5 Å². The number of amides is 2. The normalized spacial score (nSPS) is 10.1. The first-order valence-electron chi connectivity index (χ1n) is 8.40. The van der Waals surface area contributed by atoms with Crippen molar-refractivity contribution in [2.45, 2.75) is 12.8 Å². The number of benzene rings is 2. The second kappa shape index (κ2) is 10.1. The third-order valence-electron chi connectivity index (χ3n) is 3.86. The minimum absolute atomic E-state index is 0.0408. The predicted molar refractivity (Wildman–Crippen MR) is 99.4 cm³/mol. The van der Waals surface area contributed by atoms with Crippen molar-refractivity contribution in [1.82, 2.24) is 10.6 Å². The van der Waals surface area contributed by atoms with Gasteiger partial charge in [-0.3, -0.25) is 9.59 Å². The van der Waals surface area contributed by atoms with E-state index in [1.54, 1.807) is 14.2 Å². The number of carbonyl (C=O) groups excluding carboxylic acids is 2. The van der Waals surface area contributed by atoms with Gasteiger partial charge in [0.1, 0.15) is 11.5 Å². The molecule has 2 rings (SSSR count). The summed E-state index contributed by atoms with van der Waals surface area (Å²) in [7, 11) is 3.21. The maximum absolute atomic E-state index is 11.9. The highest BCUT2D eigenvalue weighted by molar-refractivity contribution is 5.85. The second-order valence-electron chi connectivity index (χ2n) is 5.72. The molecule has 0 saturated carbocycles. The quantitative estimate of drug-likeness (QED) is 0.717. The number of ether oxygens (including phenoxy) is 2. The van der Waals surface area contributed by atoms with Crippen molar-refractivity contribution < 1.29 is 19.1 Å². The van der Waals surface area contributed by atoms with Gasteiger partial charge in [0.2, 0.25) is 11.8 Å². The molecule has 0 aliphatic heterocycles. The second-order valence-corrected chi connectivity index (χ2v) is 5.72. The Morgan fingerprint density at radius 1 is 0.923 bits per heavy atom. The lowest BCUT2D eigenvalue weighted by molar-refractivity contribution is -0.125. The molecule has 6 nitrogen and oxygen atoms in total. The molecule has 0 atom stereocenters. The molecule has 0 heterocycles. The highest BCUT2D eigenvalue weighted by atomic mass is 16.5. The third-order valence-corrected chi connectivity index (χ3v) is 3.86. The van der Waals surface area contributed by atoms with Gasteiger partial charge < -0.3 is 20.1 Å². The summed E-state index contributed by atoms with van der Waals surface area (Å²) in [5, 5.41) is 5.41. The number of hydrogen-bond acceptors (Lipinski definition) is 4. The number of carbonyl (C=O) groups is 2. The summed E-state index contributed by atoms with van der Waals surface area (Å²) < 4.78 is 10.5. The van der Waals surface area contributed by atoms with Crippen LogP contribution in [0, 0.1) is 0 Å². The lowest BCUT2D eigenvalue weighted by Gasteiger charge is -2.11. The van der Waals surface area contributed by atoms with E-state index in [4.69, 9.17) is 9.47 Å². The highest BCUT2D eigenvalue weighted by Crippen LogP contribution is 2.24. The smallest absolute Gasteiger partial charge is 0.239 e. The van der Waals surface area contributed by atoms with E-state index in [0.717, 1.165) is 22.6 Å². The monoisotopic (exact) mass is 356 g/mol. The predicted octanol–water partition coefficient (Wildman–Crippen LogP) is 1.72. The molecule has 2 aromatic rings. The van der Waals surface area contributed by atoms with Gasteiger partial charge in [-0.05, 0) is 35.7 Å². The Morgan fingerprint density at radius 2 is 1.69 bits per heavy atom. The van der Waals surface area contributed by atoms with E-state index in [1.807, 2.05) is 48.5 Å². The zero-order chi connectivity index (χ0) is 18.8. The van der Waals surface area contributed by atoms with Crippen molar-refractivity contribution in [3.05, 3.63) is 59.7 Å². The molecular weight excluding hydrogens is 332 g/mol. The SMILES string of the molecule is COc1ccc(OC)c(CCNC(=O)CNC(=O)Cc2ccccc2)c1. The van der Waals surface area contributed by atoms with E-state index >= 15 is 0 Å². The first-order chi connectivity index (χ1) is 12.6. The van der Waals surface area contributed by atoms with Gasteiger partial charge in [-0.1, -0.05) is 30.3 Å². The average Bonchev–Trinajstić information content (AvgIpc) is 2.67. The summed E-state index contributed by atoms with van der Waals surface area (Å²) >= 11 is 0. The Labute approximate surface area is 153 Å². The first kappa shape index (κ1) is 19.3. The van der Waals surface area contributed by atoms with Gasteiger partial charge in [-0.2, -0.15) is 0 Å². The number of hydrogen-bond donors (Lipinski definition) is 2. The standard InChI is InChI=1S/C20H24N2O4/c1-25-17-8-9-18(26-2)16(13-17)10-11-21-20(24)14-22-19(23)12-15-6-4-3-5-7-15/h3-9,13H,10-12,14H2,1-2H3,(H,21,24)(H,22,23). The van der Waals surface area contributed by atoms with Crippen LogP contribution in [0.1, 0.15) is 11.1 Å². The van der Waals surface area contributed by atoms with Gasteiger partial charge in [0.05, 0.1) is 27.2 Å². The summed E-state index contributed by atoms with van der Waals surface area (Å²) in [6.07, 6.45) is 0.860. The summed E-state index contributed by atoms with van der Waals surface area (Å²) in [5.74, 6) is 1.07. The first-order valence-corrected chi connectivity index (χ1v) is 8.40. The molecule has 0 aromatic heterocycles. The Balaban J connectivity index is 1.73. The fourth-order valence-electron chi connectivity index (χ4n) is 2.50. The molecular formula is C20H24N2O4. The minimum Gasteiger partial charge on any atom is -0.497 e. The summed E-state index contributed by atoms with van der Waals surface area (Å²) in [6.45, 7) is 0.401. The number of nitrogens with one attached hydrogen (secondary N) is 2. The van der Waals surface area contributed by atoms with E-state index in [0.29, 0.717) is 13.0 Å². The molecule has 2 aromatic carbocycles. The van der Waals surface area contributed by atoms with E-state index in [2.05, 4.69) is 10.6 Å². The van der Waals surface area contributed by atoms with Crippen molar-refractivity contribution in [3.8, 4) is 11.5 Å². The van der Waals surface area contributed by atoms with E-state index in [9.17, 15) is 9.59 Å². The van der Waals surface area contributed by atoms with Crippen molar-refractivity contribution >= 4 is 11.8 Å². The Kier molecular flexibility index (Phi) is 7.49. The van der Waals surface area contributed by atoms with Crippen LogP contribution in [0.3, 0.4) is 0 Å². The van der Waals surface area contributed by atoms with Crippen molar-refractivity contribution in [3.63, 3.8) is 0 Å². The molecule has 2 N–H and O–H groups in total. The molecule has 6 heteroatoms. The van der Waals surface area contributed by atoms with E-state index in [-0.39, 0.29) is 24.8 Å². The fraction of sp³-hybridized carbons (Fsp3) is 0.300. The fourth-order valence-corrected chi connectivity index (χ4v) is 2.50. The molecule has 0 saturated heterocycles. The molecule has 138 valence electrons. The zero-order valence-electron chi connectivity index (χ0n) is 15.1. The van der Waals surface area contributed by atoms with Crippen molar-refractivity contribution in [2.75, 3.05) is 27.3 Å². The molecule has 0 spiro atoms. The van der Waals surface area contributed by atoms with Crippen molar-refractivity contribution in [1.29, 1.82) is 0 Å². The molecule has 0 fully saturated rings. The van der Waals surface area contributed by atoms with Crippen LogP contribution in [0.5, 0.6) is 11.5 Å². The van der Waals surface area contributed by atoms with Crippen LogP contribution in [0.2, 0.25) is 0 Å². The maximum atomic E-state index is 11.9. The lowest BCUT2D eigenvalue weighted by atomic mass is 10.1. The van der Waals surface area contributed by atoms with Crippen molar-refractivity contribution in [2.24, 2.45) is 0 Å². The summed E-state index contributed by atoms with van der Waals surface area (Å²) in [5.41, 5.74) is 1.86. The van der Waals surface area contributed by atoms with Gasteiger partial charge in [0.25, 0.3) is 0 Å². The van der Waals surface area contributed by atoms with E-state index < -0.39 is 0 Å². The number of methoxy groups -OCH3 is 2. The van der Waals surface area contributed by atoms with Crippen LogP contribution < -0.4 is 20.1 Å². The topological polar surface area (TPSA) is 76.7 Å². The van der Waals surface area contributed by atoms with E-state index in [1.165, 1.54) is 0 Å². The summed E-state index contributed by atoms with van der Waals surface area (Å²) in [4.78, 5) is 23.7. The van der Waals surface area contributed by atoms with Crippen LogP contribution in [0.25, 0.3) is 0 Å². The minimum atomic E-state index is -0.228. The van der Waals surface area contributed by atoms with Gasteiger partial charge in [0.15, 0.2) is 0 Å². The molecule has 0 bridgehead atoms. The molecule has 26 heavy (non-hydrogen) atoms. The third kappa shape index (κ3) is 6.12. The van der Waals surface area contributed by atoms with Gasteiger partial charge in [-0.25, -0.2) is 0 Å². The van der Waals surface area contributed by atoms with Gasteiger partial charge in [-0.15, -0.1) is 0 Å². The van der Waals surface area contributed by atoms with Crippen LogP contribution in [-0.2, 0) is 22.4 Å². The molecule has 0 unspecified atom stereocenters. The average molecular weight is 356 g/mol. The Hall–Kier alpha value is -3.02. The molecule has 0 aliphatic carbocycles. The lowest BCUT2D eigenvalue weighted by Crippen LogP contribution is -2.38. The molecule has 0 radical (unpaired) electrons. The van der Waals surface area contributed by atoms with Crippen LogP contribution in [0.4, 0.5) is 0 Å². The highest BCUT2D eigenvalue weighted by Gasteiger charge is 2.08. The van der Waals surface area contributed by atoms with Crippen LogP contribution in [-0.4, -0.2) is 39.1 Å². The maximum Gasteiger partial charge on any atom is 0.239 e. The largest absolute Gasteiger partial charge is 0.497 e. The van der Waals surface area contributed by atoms with Crippen LogP contribution >= 0.6 is 0 Å². The van der Waals surface area contributed by atoms with Gasteiger partial charge in [0, 0.05) is 6.54 Å². The molecule has 0 aliphatic rings. The Bertz CT molecular complexity index is 732. The molecule has 2 amide bonds. The Morgan fingerprint density at radius 3 is 2.38 bits per heavy atom. The van der Waals surface area contributed by atoms with Gasteiger partial charge >= 0.3 is 0 Å². The zero-order valence-corrected chi connectivity index (χ0v) is 15.1. The number of rotatable bonds is 9.